The van der Waals surface area contributed by atoms with Gasteiger partial charge in [-0.05, 0) is 37.1 Å². The van der Waals surface area contributed by atoms with Gasteiger partial charge in [-0.25, -0.2) is 9.18 Å². The quantitative estimate of drug-likeness (QED) is 0.253. The summed E-state index contributed by atoms with van der Waals surface area (Å²) in [6.07, 6.45) is -3.41. The lowest BCUT2D eigenvalue weighted by Crippen LogP contribution is -2.60. The second kappa shape index (κ2) is 11.5. The van der Waals surface area contributed by atoms with Crippen LogP contribution in [0.4, 0.5) is 4.39 Å². The first-order chi connectivity index (χ1) is 18.8. The van der Waals surface area contributed by atoms with Crippen LogP contribution >= 0.6 is 0 Å². The lowest BCUT2D eigenvalue weighted by Gasteiger charge is -2.44. The third-order valence-electron chi connectivity index (χ3n) is 8.18. The molecule has 10 nitrogen and oxygen atoms in total. The van der Waals surface area contributed by atoms with Gasteiger partial charge in [0.15, 0.2) is 6.29 Å². The topological polar surface area (TPSA) is 143 Å². The van der Waals surface area contributed by atoms with E-state index in [1.165, 1.54) is 19.2 Å². The van der Waals surface area contributed by atoms with Crippen LogP contribution in [-0.2, 0) is 25.5 Å². The number of halogens is 1. The molecule has 3 aliphatic rings. The summed E-state index contributed by atoms with van der Waals surface area (Å²) >= 11 is 0. The summed E-state index contributed by atoms with van der Waals surface area (Å²) in [5.41, 5.74) is 2.40. The lowest BCUT2D eigenvalue weighted by molar-refractivity contribution is -0.314. The predicted octanol–water partition coefficient (Wildman–Crippen LogP) is 0.921. The summed E-state index contributed by atoms with van der Waals surface area (Å²) in [6, 6.07) is 6.52. The Hall–Kier alpha value is -2.64. The smallest absolute Gasteiger partial charge is 0.333 e. The molecule has 1 aromatic carbocycles. The number of methoxy groups -OCH3 is 1. The molecule has 1 fully saturated rings. The van der Waals surface area contributed by atoms with Crippen LogP contribution in [0.25, 0.3) is 10.9 Å². The van der Waals surface area contributed by atoms with Gasteiger partial charge in [0, 0.05) is 53.1 Å². The molecule has 11 heteroatoms. The van der Waals surface area contributed by atoms with E-state index in [1.807, 2.05) is 6.07 Å². The highest BCUT2D eigenvalue weighted by Crippen LogP contribution is 2.42. The number of carbonyl (C=O) groups is 1. The minimum atomic E-state index is -1.57. The molecule has 212 valence electrons. The van der Waals surface area contributed by atoms with E-state index in [2.05, 4.69) is 16.5 Å². The minimum Gasteiger partial charge on any atom is -0.466 e. The molecule has 3 heterocycles. The van der Waals surface area contributed by atoms with Crippen LogP contribution in [0.5, 0.6) is 0 Å². The van der Waals surface area contributed by atoms with Gasteiger partial charge in [-0.15, -0.1) is 6.58 Å². The Morgan fingerprint density at radius 1 is 1.26 bits per heavy atom. The molecule has 0 amide bonds. The van der Waals surface area contributed by atoms with Gasteiger partial charge < -0.3 is 44.5 Å². The van der Waals surface area contributed by atoms with E-state index in [-0.39, 0.29) is 18.3 Å². The Labute approximate surface area is 225 Å². The zero-order chi connectivity index (χ0) is 27.8. The molecule has 39 heavy (non-hydrogen) atoms. The number of aliphatic hydroxyl groups excluding tert-OH is 4. The second-order valence-corrected chi connectivity index (χ2v) is 10.3. The Kier molecular flexibility index (Phi) is 8.20. The van der Waals surface area contributed by atoms with Crippen LogP contribution in [0.1, 0.15) is 24.6 Å². The number of hydrogen-bond acceptors (Lipinski definition) is 9. The van der Waals surface area contributed by atoms with Crippen molar-refractivity contribution in [3.8, 4) is 0 Å². The van der Waals surface area contributed by atoms with Crippen molar-refractivity contribution in [3.63, 3.8) is 0 Å². The summed E-state index contributed by atoms with van der Waals surface area (Å²) in [5.74, 6) is -1.57. The van der Waals surface area contributed by atoms with Crippen molar-refractivity contribution in [2.75, 3.05) is 20.3 Å². The number of ether oxygens (including phenoxy) is 3. The maximum Gasteiger partial charge on any atom is 0.333 e. The summed E-state index contributed by atoms with van der Waals surface area (Å²) in [4.78, 5) is 12.8. The number of carbonyl (C=O) groups excluding carboxylic acids is 1. The number of fused-ring (bicyclic) bond motifs is 3. The molecule has 9 atom stereocenters. The van der Waals surface area contributed by atoms with Gasteiger partial charge in [0.2, 0.25) is 0 Å². The fourth-order valence-electron chi connectivity index (χ4n) is 6.18. The summed E-state index contributed by atoms with van der Waals surface area (Å²) in [5, 5.41) is 44.7. The zero-order valence-corrected chi connectivity index (χ0v) is 21.6. The molecule has 1 saturated heterocycles. The maximum atomic E-state index is 13.9. The standard InChI is InChI=1S/C28H35FN2O8/c1-3-16-18(12-19-21-11-14-10-15(29)4-6-20(14)31(21)9-8-30-19)17(27(36)37-2)5-7-22(16)38-28-26(35)25(34)24(33)23(13-32)39-28/h3-6,10-11,16,18-19,22-26,28,30,32-35H,1,7-9,12-13H2,2H3/t16-,18+,19+,22-,23-,24-,25+,26-,28?/m1/s1. The molecular formula is C28H35FN2O8. The number of aromatic nitrogens is 1. The molecule has 1 unspecified atom stereocenters. The van der Waals surface area contributed by atoms with Crippen LogP contribution in [0, 0.1) is 17.7 Å². The van der Waals surface area contributed by atoms with Gasteiger partial charge in [0.05, 0.1) is 19.8 Å². The van der Waals surface area contributed by atoms with Gasteiger partial charge in [0.25, 0.3) is 0 Å². The molecule has 0 bridgehead atoms. The van der Waals surface area contributed by atoms with E-state index >= 15 is 0 Å². The maximum absolute atomic E-state index is 13.9. The first-order valence-electron chi connectivity index (χ1n) is 13.2. The molecule has 1 aliphatic carbocycles. The Morgan fingerprint density at radius 2 is 2.05 bits per heavy atom. The van der Waals surface area contributed by atoms with Crippen molar-refractivity contribution >= 4 is 16.9 Å². The summed E-state index contributed by atoms with van der Waals surface area (Å²) in [6.45, 7) is 4.84. The van der Waals surface area contributed by atoms with Crippen molar-refractivity contribution in [2.24, 2.45) is 11.8 Å². The highest BCUT2D eigenvalue weighted by molar-refractivity contribution is 5.89. The Balaban J connectivity index is 1.43. The minimum absolute atomic E-state index is 0.166. The number of hydrogen-bond donors (Lipinski definition) is 5. The monoisotopic (exact) mass is 546 g/mol. The van der Waals surface area contributed by atoms with Gasteiger partial charge in [-0.3, -0.25) is 0 Å². The number of benzene rings is 1. The molecule has 0 saturated carbocycles. The second-order valence-electron chi connectivity index (χ2n) is 10.3. The predicted molar refractivity (Wildman–Crippen MR) is 138 cm³/mol. The molecule has 5 N–H and O–H groups in total. The first kappa shape index (κ1) is 27.9. The van der Waals surface area contributed by atoms with Crippen LogP contribution in [0.3, 0.4) is 0 Å². The molecule has 1 aromatic heterocycles. The van der Waals surface area contributed by atoms with Crippen LogP contribution < -0.4 is 5.32 Å². The van der Waals surface area contributed by atoms with E-state index < -0.39 is 61.2 Å². The average Bonchev–Trinajstić information content (AvgIpc) is 3.31. The fourth-order valence-corrected chi connectivity index (χ4v) is 6.18. The first-order valence-corrected chi connectivity index (χ1v) is 13.2. The highest BCUT2D eigenvalue weighted by atomic mass is 19.1. The number of rotatable bonds is 7. The number of nitrogens with zero attached hydrogens (tertiary/aromatic N) is 1. The van der Waals surface area contributed by atoms with Crippen molar-refractivity contribution < 1.29 is 43.8 Å². The Bertz CT molecular complexity index is 1250. The van der Waals surface area contributed by atoms with E-state index in [1.54, 1.807) is 18.2 Å². The van der Waals surface area contributed by atoms with Gasteiger partial charge in [-0.2, -0.15) is 0 Å². The van der Waals surface area contributed by atoms with Gasteiger partial charge in [0.1, 0.15) is 30.2 Å². The van der Waals surface area contributed by atoms with Crippen molar-refractivity contribution in [1.82, 2.24) is 9.88 Å². The Morgan fingerprint density at radius 3 is 2.77 bits per heavy atom. The third kappa shape index (κ3) is 5.16. The summed E-state index contributed by atoms with van der Waals surface area (Å²) in [7, 11) is 1.32. The number of esters is 1. The highest BCUT2D eigenvalue weighted by Gasteiger charge is 2.47. The van der Waals surface area contributed by atoms with E-state index in [4.69, 9.17) is 14.2 Å². The number of nitrogens with one attached hydrogen (secondary N) is 1. The summed E-state index contributed by atoms with van der Waals surface area (Å²) < 4.78 is 32.9. The number of aliphatic hydroxyl groups is 4. The van der Waals surface area contributed by atoms with Crippen molar-refractivity contribution in [2.45, 2.75) is 62.2 Å². The normalized spacial score (nSPS) is 34.8. The molecular weight excluding hydrogens is 511 g/mol. The molecule has 0 radical (unpaired) electrons. The van der Waals surface area contributed by atoms with Crippen LogP contribution in [0.2, 0.25) is 0 Å². The molecule has 2 aliphatic heterocycles. The van der Waals surface area contributed by atoms with Crippen molar-refractivity contribution in [3.05, 3.63) is 60.1 Å². The zero-order valence-electron chi connectivity index (χ0n) is 21.6. The fraction of sp³-hybridized carbons (Fsp3) is 0.536. The SMILES string of the molecule is C=C[C@@H]1[C@H](C[C@@H]2NCCn3c2cc2cc(F)ccc23)C(C(=O)OC)=CC[C@H]1OC1O[C@H](CO)[C@@H](O)[C@H](O)[C@H]1O. The molecule has 5 rings (SSSR count). The average molecular weight is 547 g/mol. The van der Waals surface area contributed by atoms with E-state index in [0.29, 0.717) is 18.5 Å². The lowest BCUT2D eigenvalue weighted by atomic mass is 9.73. The van der Waals surface area contributed by atoms with Gasteiger partial charge >= 0.3 is 5.97 Å². The van der Waals surface area contributed by atoms with E-state index in [9.17, 15) is 29.6 Å². The largest absolute Gasteiger partial charge is 0.466 e. The molecule has 0 spiro atoms. The van der Waals surface area contributed by atoms with Crippen LogP contribution in [-0.4, -0.2) is 88.0 Å². The van der Waals surface area contributed by atoms with Crippen molar-refractivity contribution in [1.29, 1.82) is 0 Å². The third-order valence-corrected chi connectivity index (χ3v) is 8.18. The van der Waals surface area contributed by atoms with E-state index in [0.717, 1.165) is 23.1 Å². The molecule has 2 aromatic rings. The van der Waals surface area contributed by atoms with Gasteiger partial charge in [-0.1, -0.05) is 12.2 Å². The van der Waals surface area contributed by atoms with Crippen LogP contribution in [0.15, 0.2) is 48.6 Å².